The summed E-state index contributed by atoms with van der Waals surface area (Å²) in [4.78, 5) is 10.5. The van der Waals surface area contributed by atoms with E-state index in [0.717, 1.165) is 5.56 Å². The summed E-state index contributed by atoms with van der Waals surface area (Å²) in [6.45, 7) is -0.146. The van der Waals surface area contributed by atoms with Gasteiger partial charge >= 0.3 is 5.97 Å². The Labute approximate surface area is 87.8 Å². The molecule has 1 rings (SSSR count). The molecule has 0 unspecified atom stereocenters. The number of rotatable bonds is 3. The summed E-state index contributed by atoms with van der Waals surface area (Å²) in [5.74, 6) is -0.968. The van der Waals surface area contributed by atoms with Crippen molar-refractivity contribution in [3.8, 4) is 0 Å². The molecule has 4 N–H and O–H groups in total. The summed E-state index contributed by atoms with van der Waals surface area (Å²) in [6, 6.07) is 5.69. The van der Waals surface area contributed by atoms with Crippen molar-refractivity contribution in [2.45, 2.75) is 6.04 Å². The molecule has 0 radical (unpaired) electrons. The minimum atomic E-state index is -0.968. The minimum absolute atomic E-state index is 0. The fourth-order valence-electron chi connectivity index (χ4n) is 0.978. The maximum absolute atomic E-state index is 10.5. The molecule has 1 aromatic carbocycles. The SMILES string of the molecule is Cl.N[C@H](CO)c1ccc(C(=O)O)cc1. The van der Waals surface area contributed by atoms with Crippen LogP contribution in [0.2, 0.25) is 0 Å². The van der Waals surface area contributed by atoms with Gasteiger partial charge in [0.2, 0.25) is 0 Å². The standard InChI is InChI=1S/C9H11NO3.ClH/c10-8(5-11)6-1-3-7(4-2-6)9(12)13;/h1-4,8,11H,5,10H2,(H,12,13);1H/t8-;/m1./s1. The minimum Gasteiger partial charge on any atom is -0.478 e. The number of carboxylic acid groups (broad SMARTS) is 1. The summed E-state index contributed by atoms with van der Waals surface area (Å²) in [7, 11) is 0. The molecular formula is C9H12ClNO3. The molecule has 0 aromatic heterocycles. The molecule has 1 aromatic rings. The molecule has 0 heterocycles. The zero-order valence-corrected chi connectivity index (χ0v) is 8.20. The number of aliphatic hydroxyl groups is 1. The largest absolute Gasteiger partial charge is 0.478 e. The van der Waals surface area contributed by atoms with E-state index in [0.29, 0.717) is 0 Å². The second-order valence-corrected chi connectivity index (χ2v) is 2.72. The molecule has 0 spiro atoms. The van der Waals surface area contributed by atoms with Crippen LogP contribution in [-0.2, 0) is 0 Å². The van der Waals surface area contributed by atoms with Gasteiger partial charge in [-0.05, 0) is 17.7 Å². The molecule has 78 valence electrons. The van der Waals surface area contributed by atoms with Crippen LogP contribution in [0.1, 0.15) is 22.0 Å². The van der Waals surface area contributed by atoms with Crippen LogP contribution in [0.4, 0.5) is 0 Å². The predicted molar refractivity (Wildman–Crippen MR) is 54.7 cm³/mol. The topological polar surface area (TPSA) is 83.5 Å². The van der Waals surface area contributed by atoms with Gasteiger partial charge in [-0.2, -0.15) is 0 Å². The van der Waals surface area contributed by atoms with E-state index in [1.54, 1.807) is 12.1 Å². The molecule has 14 heavy (non-hydrogen) atoms. The van der Waals surface area contributed by atoms with Crippen molar-refractivity contribution in [1.29, 1.82) is 0 Å². The number of carbonyl (C=O) groups is 1. The van der Waals surface area contributed by atoms with Crippen LogP contribution >= 0.6 is 12.4 Å². The maximum atomic E-state index is 10.5. The molecule has 0 aliphatic rings. The van der Waals surface area contributed by atoms with Crippen molar-refractivity contribution in [2.24, 2.45) is 5.73 Å². The van der Waals surface area contributed by atoms with E-state index in [9.17, 15) is 4.79 Å². The van der Waals surface area contributed by atoms with E-state index in [-0.39, 0.29) is 24.6 Å². The Morgan fingerprint density at radius 2 is 1.86 bits per heavy atom. The van der Waals surface area contributed by atoms with Gasteiger partial charge in [-0.1, -0.05) is 12.1 Å². The first-order valence-corrected chi connectivity index (χ1v) is 3.85. The summed E-state index contributed by atoms with van der Waals surface area (Å²) >= 11 is 0. The molecule has 0 aliphatic carbocycles. The zero-order chi connectivity index (χ0) is 9.84. The Hall–Kier alpha value is -1.10. The third-order valence-corrected chi connectivity index (χ3v) is 1.78. The molecule has 0 saturated heterocycles. The highest BCUT2D eigenvalue weighted by molar-refractivity contribution is 5.87. The Bertz CT molecular complexity index is 299. The van der Waals surface area contributed by atoms with Gasteiger partial charge in [0, 0.05) is 0 Å². The van der Waals surface area contributed by atoms with Gasteiger partial charge in [0.25, 0.3) is 0 Å². The van der Waals surface area contributed by atoms with Crippen molar-refractivity contribution < 1.29 is 15.0 Å². The second kappa shape index (κ2) is 5.59. The highest BCUT2D eigenvalue weighted by Crippen LogP contribution is 2.10. The lowest BCUT2D eigenvalue weighted by molar-refractivity contribution is 0.0697. The molecule has 0 fully saturated rings. The molecule has 0 bridgehead atoms. The highest BCUT2D eigenvalue weighted by atomic mass is 35.5. The van der Waals surface area contributed by atoms with Gasteiger partial charge in [0.15, 0.2) is 0 Å². The van der Waals surface area contributed by atoms with Gasteiger partial charge in [-0.25, -0.2) is 4.79 Å². The number of hydrogen-bond acceptors (Lipinski definition) is 3. The van der Waals surface area contributed by atoms with E-state index in [2.05, 4.69) is 0 Å². The lowest BCUT2D eigenvalue weighted by Crippen LogP contribution is -2.14. The lowest BCUT2D eigenvalue weighted by atomic mass is 10.1. The van der Waals surface area contributed by atoms with Crippen LogP contribution in [0.3, 0.4) is 0 Å². The third kappa shape index (κ3) is 2.99. The number of nitrogens with two attached hydrogens (primary N) is 1. The Morgan fingerprint density at radius 1 is 1.36 bits per heavy atom. The Balaban J connectivity index is 0.00000169. The van der Waals surface area contributed by atoms with E-state index in [1.165, 1.54) is 12.1 Å². The van der Waals surface area contributed by atoms with Gasteiger partial charge in [0.1, 0.15) is 0 Å². The summed E-state index contributed by atoms with van der Waals surface area (Å²) in [5.41, 5.74) is 6.47. The van der Waals surface area contributed by atoms with Crippen molar-refractivity contribution in [3.63, 3.8) is 0 Å². The number of aliphatic hydroxyl groups excluding tert-OH is 1. The molecule has 0 amide bonds. The molecular weight excluding hydrogens is 206 g/mol. The number of carboxylic acids is 1. The van der Waals surface area contributed by atoms with E-state index in [1.807, 2.05) is 0 Å². The number of halogens is 1. The average molecular weight is 218 g/mol. The fraction of sp³-hybridized carbons (Fsp3) is 0.222. The molecule has 1 atom stereocenters. The van der Waals surface area contributed by atoms with Crippen LogP contribution in [0.25, 0.3) is 0 Å². The van der Waals surface area contributed by atoms with Crippen molar-refractivity contribution in [1.82, 2.24) is 0 Å². The number of benzene rings is 1. The second-order valence-electron chi connectivity index (χ2n) is 2.72. The average Bonchev–Trinajstić information content (AvgIpc) is 2.17. The van der Waals surface area contributed by atoms with Crippen molar-refractivity contribution in [2.75, 3.05) is 6.61 Å². The van der Waals surface area contributed by atoms with Gasteiger partial charge in [0.05, 0.1) is 18.2 Å². The summed E-state index contributed by atoms with van der Waals surface area (Å²) < 4.78 is 0. The zero-order valence-electron chi connectivity index (χ0n) is 7.38. The van der Waals surface area contributed by atoms with E-state index in [4.69, 9.17) is 15.9 Å². The van der Waals surface area contributed by atoms with Gasteiger partial charge < -0.3 is 15.9 Å². The Kier molecular flexibility index (Phi) is 5.15. The van der Waals surface area contributed by atoms with Crippen LogP contribution in [-0.4, -0.2) is 22.8 Å². The van der Waals surface area contributed by atoms with E-state index < -0.39 is 12.0 Å². The van der Waals surface area contributed by atoms with Gasteiger partial charge in [-0.15, -0.1) is 12.4 Å². The first-order valence-electron chi connectivity index (χ1n) is 3.85. The number of aromatic carboxylic acids is 1. The van der Waals surface area contributed by atoms with Crippen molar-refractivity contribution >= 4 is 18.4 Å². The van der Waals surface area contributed by atoms with Crippen molar-refractivity contribution in [3.05, 3.63) is 35.4 Å². The quantitative estimate of drug-likeness (QED) is 0.699. The van der Waals surface area contributed by atoms with E-state index >= 15 is 0 Å². The monoisotopic (exact) mass is 217 g/mol. The van der Waals surface area contributed by atoms with Gasteiger partial charge in [-0.3, -0.25) is 0 Å². The van der Waals surface area contributed by atoms with Crippen LogP contribution in [0.5, 0.6) is 0 Å². The van der Waals surface area contributed by atoms with Crippen LogP contribution < -0.4 is 5.73 Å². The molecule has 4 nitrogen and oxygen atoms in total. The highest BCUT2D eigenvalue weighted by Gasteiger charge is 2.05. The van der Waals surface area contributed by atoms with Crippen LogP contribution in [0, 0.1) is 0 Å². The molecule has 0 saturated carbocycles. The smallest absolute Gasteiger partial charge is 0.335 e. The molecule has 5 heteroatoms. The molecule has 0 aliphatic heterocycles. The lowest BCUT2D eigenvalue weighted by Gasteiger charge is -2.07. The normalized spacial score (nSPS) is 11.6. The Morgan fingerprint density at radius 3 is 2.21 bits per heavy atom. The third-order valence-electron chi connectivity index (χ3n) is 1.78. The fourth-order valence-corrected chi connectivity index (χ4v) is 0.978. The predicted octanol–water partition coefficient (Wildman–Crippen LogP) is 0.799. The van der Waals surface area contributed by atoms with Crippen LogP contribution in [0.15, 0.2) is 24.3 Å². The maximum Gasteiger partial charge on any atom is 0.335 e. The first-order chi connectivity index (χ1) is 6.15. The summed E-state index contributed by atoms with van der Waals surface area (Å²) in [5, 5.41) is 17.3. The summed E-state index contributed by atoms with van der Waals surface area (Å²) in [6.07, 6.45) is 0. The number of hydrogen-bond donors (Lipinski definition) is 3. The first kappa shape index (κ1) is 12.9.